The van der Waals surface area contributed by atoms with E-state index in [0.29, 0.717) is 5.92 Å². The normalized spacial score (nSPS) is 12.6. The highest BCUT2D eigenvalue weighted by atomic mass is 15.1. The minimum atomic E-state index is 0.597. The first-order valence-corrected chi connectivity index (χ1v) is 6.49. The van der Waals surface area contributed by atoms with Crippen molar-refractivity contribution < 1.29 is 0 Å². The molecule has 0 fully saturated rings. The van der Waals surface area contributed by atoms with Crippen LogP contribution in [0.15, 0.2) is 42.7 Å². The Morgan fingerprint density at radius 3 is 2.72 bits per heavy atom. The Bertz CT molecular complexity index is 462. The molecule has 0 aliphatic heterocycles. The van der Waals surface area contributed by atoms with Gasteiger partial charge < -0.3 is 9.88 Å². The summed E-state index contributed by atoms with van der Waals surface area (Å²) in [6.07, 6.45) is 4.96. The van der Waals surface area contributed by atoms with Gasteiger partial charge in [0.25, 0.3) is 0 Å². The molecule has 0 aliphatic rings. The molecule has 0 spiro atoms. The molecule has 0 bridgehead atoms. The fourth-order valence-corrected chi connectivity index (χ4v) is 2.03. The average molecular weight is 243 g/mol. The molecule has 0 amide bonds. The number of nitrogens with one attached hydrogen (secondary N) is 1. The molecule has 18 heavy (non-hydrogen) atoms. The number of aromatic nitrogens is 2. The van der Waals surface area contributed by atoms with Gasteiger partial charge in [-0.05, 0) is 24.4 Å². The van der Waals surface area contributed by atoms with Gasteiger partial charge in [-0.25, -0.2) is 4.98 Å². The summed E-state index contributed by atoms with van der Waals surface area (Å²) in [7, 11) is 2.02. The second-order valence-electron chi connectivity index (χ2n) is 4.73. The summed E-state index contributed by atoms with van der Waals surface area (Å²) in [5.41, 5.74) is 1.41. The summed E-state index contributed by atoms with van der Waals surface area (Å²) in [5, 5.41) is 3.45. The lowest BCUT2D eigenvalue weighted by atomic mass is 9.98. The molecular weight excluding hydrogens is 222 g/mol. The molecule has 1 heterocycles. The molecule has 0 saturated heterocycles. The van der Waals surface area contributed by atoms with Crippen LogP contribution in [0.2, 0.25) is 0 Å². The Morgan fingerprint density at radius 2 is 2.06 bits per heavy atom. The minimum Gasteiger partial charge on any atom is -0.337 e. The Balaban J connectivity index is 1.71. The Morgan fingerprint density at radius 1 is 1.28 bits per heavy atom. The van der Waals surface area contributed by atoms with E-state index in [1.807, 2.05) is 24.0 Å². The quantitative estimate of drug-likeness (QED) is 0.791. The van der Waals surface area contributed by atoms with E-state index in [4.69, 9.17) is 0 Å². The number of rotatable bonds is 6. The van der Waals surface area contributed by atoms with Gasteiger partial charge in [-0.2, -0.15) is 0 Å². The molecule has 2 rings (SSSR count). The number of hydrogen-bond acceptors (Lipinski definition) is 2. The maximum atomic E-state index is 4.29. The molecule has 1 unspecified atom stereocenters. The van der Waals surface area contributed by atoms with Crippen LogP contribution in [0, 0.1) is 0 Å². The molecular formula is C15H21N3. The molecule has 0 radical (unpaired) electrons. The molecule has 1 atom stereocenters. The van der Waals surface area contributed by atoms with Gasteiger partial charge in [-0.15, -0.1) is 0 Å². The Hall–Kier alpha value is -1.61. The third-order valence-electron chi connectivity index (χ3n) is 3.33. The lowest BCUT2D eigenvalue weighted by Crippen LogP contribution is -2.18. The monoisotopic (exact) mass is 243 g/mol. The molecule has 3 heteroatoms. The van der Waals surface area contributed by atoms with E-state index in [2.05, 4.69) is 47.6 Å². The van der Waals surface area contributed by atoms with Crippen molar-refractivity contribution in [2.45, 2.75) is 25.8 Å². The average Bonchev–Trinajstić information content (AvgIpc) is 2.81. The van der Waals surface area contributed by atoms with E-state index in [9.17, 15) is 0 Å². The summed E-state index contributed by atoms with van der Waals surface area (Å²) >= 11 is 0. The molecule has 1 N–H and O–H groups in total. The highest BCUT2D eigenvalue weighted by molar-refractivity contribution is 5.18. The predicted octanol–water partition coefficient (Wildman–Crippen LogP) is 2.70. The van der Waals surface area contributed by atoms with Crippen LogP contribution in [0.5, 0.6) is 0 Å². The molecule has 2 aromatic rings. The van der Waals surface area contributed by atoms with Crippen LogP contribution in [-0.2, 0) is 13.6 Å². The van der Waals surface area contributed by atoms with Gasteiger partial charge in [-0.1, -0.05) is 37.3 Å². The van der Waals surface area contributed by atoms with Crippen molar-refractivity contribution >= 4 is 0 Å². The van der Waals surface area contributed by atoms with Gasteiger partial charge in [0.2, 0.25) is 0 Å². The van der Waals surface area contributed by atoms with Gasteiger partial charge >= 0.3 is 0 Å². The van der Waals surface area contributed by atoms with Crippen molar-refractivity contribution in [2.24, 2.45) is 7.05 Å². The minimum absolute atomic E-state index is 0.597. The van der Waals surface area contributed by atoms with Crippen LogP contribution < -0.4 is 5.32 Å². The van der Waals surface area contributed by atoms with Gasteiger partial charge in [-0.3, -0.25) is 0 Å². The lowest BCUT2D eigenvalue weighted by molar-refractivity contribution is 0.575. The number of hydrogen-bond donors (Lipinski definition) is 1. The zero-order valence-corrected chi connectivity index (χ0v) is 11.1. The molecule has 96 valence electrons. The molecule has 1 aromatic carbocycles. The lowest BCUT2D eigenvalue weighted by Gasteiger charge is -2.12. The first kappa shape index (κ1) is 12.8. The van der Waals surface area contributed by atoms with Crippen LogP contribution in [0.3, 0.4) is 0 Å². The molecule has 0 saturated carbocycles. The van der Waals surface area contributed by atoms with E-state index < -0.39 is 0 Å². The van der Waals surface area contributed by atoms with Crippen LogP contribution in [0.25, 0.3) is 0 Å². The highest BCUT2D eigenvalue weighted by Crippen LogP contribution is 2.17. The number of benzene rings is 1. The van der Waals surface area contributed by atoms with Gasteiger partial charge in [0.05, 0.1) is 6.54 Å². The van der Waals surface area contributed by atoms with Crippen molar-refractivity contribution in [1.29, 1.82) is 0 Å². The van der Waals surface area contributed by atoms with Crippen molar-refractivity contribution in [3.05, 3.63) is 54.1 Å². The van der Waals surface area contributed by atoms with Crippen molar-refractivity contribution in [2.75, 3.05) is 6.54 Å². The fraction of sp³-hybridized carbons (Fsp3) is 0.400. The van der Waals surface area contributed by atoms with Crippen molar-refractivity contribution in [3.8, 4) is 0 Å². The van der Waals surface area contributed by atoms with Crippen LogP contribution >= 0.6 is 0 Å². The third-order valence-corrected chi connectivity index (χ3v) is 3.33. The first-order valence-electron chi connectivity index (χ1n) is 6.49. The Labute approximate surface area is 109 Å². The Kier molecular flexibility index (Phi) is 4.53. The number of imidazole rings is 1. The standard InChI is InChI=1S/C15H21N3/c1-13(14-6-4-3-5-7-14)8-9-16-12-15-17-10-11-18(15)2/h3-7,10-11,13,16H,8-9,12H2,1-2H3. The topological polar surface area (TPSA) is 29.9 Å². The number of aryl methyl sites for hydroxylation is 1. The molecule has 3 nitrogen and oxygen atoms in total. The zero-order valence-electron chi connectivity index (χ0n) is 11.1. The largest absolute Gasteiger partial charge is 0.337 e. The maximum absolute atomic E-state index is 4.29. The fourth-order valence-electron chi connectivity index (χ4n) is 2.03. The highest BCUT2D eigenvalue weighted by Gasteiger charge is 2.04. The van der Waals surface area contributed by atoms with Gasteiger partial charge in [0.15, 0.2) is 0 Å². The van der Waals surface area contributed by atoms with Crippen LogP contribution in [0.4, 0.5) is 0 Å². The zero-order chi connectivity index (χ0) is 12.8. The van der Waals surface area contributed by atoms with E-state index in [0.717, 1.165) is 25.3 Å². The second-order valence-corrected chi connectivity index (χ2v) is 4.73. The van der Waals surface area contributed by atoms with Crippen molar-refractivity contribution in [3.63, 3.8) is 0 Å². The summed E-state index contributed by atoms with van der Waals surface area (Å²) in [4.78, 5) is 4.29. The van der Waals surface area contributed by atoms with Gasteiger partial charge in [0, 0.05) is 19.4 Å². The third kappa shape index (κ3) is 3.44. The van der Waals surface area contributed by atoms with Crippen molar-refractivity contribution in [1.82, 2.24) is 14.9 Å². The smallest absolute Gasteiger partial charge is 0.122 e. The van der Waals surface area contributed by atoms with Crippen LogP contribution in [0.1, 0.15) is 30.7 Å². The first-order chi connectivity index (χ1) is 8.77. The van der Waals surface area contributed by atoms with E-state index in [-0.39, 0.29) is 0 Å². The van der Waals surface area contributed by atoms with Gasteiger partial charge in [0.1, 0.15) is 5.82 Å². The van der Waals surface area contributed by atoms with Crippen LogP contribution in [-0.4, -0.2) is 16.1 Å². The second kappa shape index (κ2) is 6.36. The SMILES string of the molecule is CC(CCNCc1nccn1C)c1ccccc1. The summed E-state index contributed by atoms with van der Waals surface area (Å²) in [6.45, 7) is 4.13. The van der Waals surface area contributed by atoms with E-state index >= 15 is 0 Å². The molecule has 1 aromatic heterocycles. The predicted molar refractivity (Wildman–Crippen MR) is 74.4 cm³/mol. The summed E-state index contributed by atoms with van der Waals surface area (Å²) < 4.78 is 2.05. The van der Waals surface area contributed by atoms with E-state index in [1.54, 1.807) is 0 Å². The van der Waals surface area contributed by atoms with E-state index in [1.165, 1.54) is 5.56 Å². The number of nitrogens with zero attached hydrogens (tertiary/aromatic N) is 2. The molecule has 0 aliphatic carbocycles. The summed E-state index contributed by atoms with van der Waals surface area (Å²) in [6, 6.07) is 10.7. The maximum Gasteiger partial charge on any atom is 0.122 e. The summed E-state index contributed by atoms with van der Waals surface area (Å²) in [5.74, 6) is 1.68.